The van der Waals surface area contributed by atoms with Gasteiger partial charge in [-0.15, -0.1) is 0 Å². The Kier molecular flexibility index (Phi) is 5.75. The van der Waals surface area contributed by atoms with Gasteiger partial charge in [0.1, 0.15) is 5.75 Å². The molecule has 1 aromatic carbocycles. The minimum atomic E-state index is 0.393. The maximum absolute atomic E-state index is 6.05. The number of hydrogen-bond donors (Lipinski definition) is 1. The second-order valence-electron chi connectivity index (χ2n) is 6.30. The minimum Gasteiger partial charge on any atom is -0.490 e. The highest BCUT2D eigenvalue weighted by Gasteiger charge is 2.15. The van der Waals surface area contributed by atoms with Crippen molar-refractivity contribution in [3.8, 4) is 5.75 Å². The first-order valence-electron chi connectivity index (χ1n) is 8.69. The lowest BCUT2D eigenvalue weighted by Gasteiger charge is -2.27. The molecule has 0 bridgehead atoms. The normalized spacial score (nSPS) is 20.5. The molecule has 0 radical (unpaired) electrons. The third-order valence-corrected chi connectivity index (χ3v) is 4.54. The van der Waals surface area contributed by atoms with E-state index in [1.54, 1.807) is 0 Å². The molecule has 5 heteroatoms. The number of benzene rings is 1. The molecule has 2 N–H and O–H groups in total. The number of ether oxygens (including phenoxy) is 2. The van der Waals surface area contributed by atoms with Crippen molar-refractivity contribution in [2.75, 3.05) is 26.3 Å². The van der Waals surface area contributed by atoms with E-state index in [9.17, 15) is 0 Å². The van der Waals surface area contributed by atoms with Gasteiger partial charge in [-0.3, -0.25) is 0 Å². The second kappa shape index (κ2) is 8.20. The van der Waals surface area contributed by atoms with E-state index in [-0.39, 0.29) is 0 Å². The van der Waals surface area contributed by atoms with Crippen molar-refractivity contribution >= 4 is 5.96 Å². The fourth-order valence-corrected chi connectivity index (χ4v) is 3.11. The van der Waals surface area contributed by atoms with Gasteiger partial charge in [-0.2, -0.15) is 0 Å². The number of morpholine rings is 1. The highest BCUT2D eigenvalue weighted by molar-refractivity contribution is 5.78. The number of hydrogen-bond acceptors (Lipinski definition) is 3. The van der Waals surface area contributed by atoms with Crippen LogP contribution in [0.1, 0.15) is 37.7 Å². The zero-order chi connectivity index (χ0) is 15.9. The summed E-state index contributed by atoms with van der Waals surface area (Å²) >= 11 is 0. The van der Waals surface area contributed by atoms with Crippen LogP contribution in [0.25, 0.3) is 0 Å². The molecular formula is C18H27N3O2. The van der Waals surface area contributed by atoms with Gasteiger partial charge in [0.25, 0.3) is 0 Å². The standard InChI is InChI=1S/C18H27N3O2/c19-18(21-10-12-22-13-11-21)20-14-15-6-8-17(9-7-15)23-16-4-2-1-3-5-16/h6-9,16H,1-5,10-14H2,(H2,19,20). The largest absolute Gasteiger partial charge is 0.490 e. The van der Waals surface area contributed by atoms with Gasteiger partial charge in [0.2, 0.25) is 0 Å². The van der Waals surface area contributed by atoms with Gasteiger partial charge in [-0.25, -0.2) is 4.99 Å². The number of nitrogens with zero attached hydrogens (tertiary/aromatic N) is 2. The van der Waals surface area contributed by atoms with Crippen molar-refractivity contribution in [2.45, 2.75) is 44.8 Å². The molecular weight excluding hydrogens is 290 g/mol. The molecule has 0 unspecified atom stereocenters. The number of rotatable bonds is 4. The van der Waals surface area contributed by atoms with E-state index >= 15 is 0 Å². The van der Waals surface area contributed by atoms with Crippen molar-refractivity contribution in [3.63, 3.8) is 0 Å². The van der Waals surface area contributed by atoms with E-state index < -0.39 is 0 Å². The second-order valence-corrected chi connectivity index (χ2v) is 6.30. The zero-order valence-electron chi connectivity index (χ0n) is 13.7. The molecule has 5 nitrogen and oxygen atoms in total. The van der Waals surface area contributed by atoms with Gasteiger partial charge in [-0.1, -0.05) is 18.6 Å². The van der Waals surface area contributed by atoms with E-state index in [1.807, 2.05) is 12.1 Å². The summed E-state index contributed by atoms with van der Waals surface area (Å²) in [6.07, 6.45) is 6.69. The molecule has 1 aromatic rings. The number of aliphatic imine (C=N–C) groups is 1. The van der Waals surface area contributed by atoms with Crippen LogP contribution in [0.15, 0.2) is 29.3 Å². The van der Waals surface area contributed by atoms with Crippen molar-refractivity contribution in [1.82, 2.24) is 4.90 Å². The van der Waals surface area contributed by atoms with Crippen LogP contribution in [0.2, 0.25) is 0 Å². The summed E-state index contributed by atoms with van der Waals surface area (Å²) in [5.74, 6) is 1.57. The van der Waals surface area contributed by atoms with Gasteiger partial charge >= 0.3 is 0 Å². The van der Waals surface area contributed by atoms with Gasteiger partial charge in [0, 0.05) is 13.1 Å². The molecule has 2 fully saturated rings. The lowest BCUT2D eigenvalue weighted by atomic mass is 9.98. The smallest absolute Gasteiger partial charge is 0.191 e. The summed E-state index contributed by atoms with van der Waals surface area (Å²) < 4.78 is 11.4. The van der Waals surface area contributed by atoms with Gasteiger partial charge < -0.3 is 20.1 Å². The Morgan fingerprint density at radius 3 is 2.52 bits per heavy atom. The lowest BCUT2D eigenvalue weighted by molar-refractivity contribution is 0.0674. The Hall–Kier alpha value is -1.75. The Bertz CT molecular complexity index is 504. The van der Waals surface area contributed by atoms with Crippen molar-refractivity contribution in [1.29, 1.82) is 0 Å². The molecule has 23 heavy (non-hydrogen) atoms. The quantitative estimate of drug-likeness (QED) is 0.685. The van der Waals surface area contributed by atoms with Crippen LogP contribution in [0.5, 0.6) is 5.75 Å². The predicted octanol–water partition coefficient (Wildman–Crippen LogP) is 2.55. The van der Waals surface area contributed by atoms with E-state index in [4.69, 9.17) is 15.2 Å². The predicted molar refractivity (Wildman–Crippen MR) is 91.7 cm³/mol. The summed E-state index contributed by atoms with van der Waals surface area (Å²) in [6, 6.07) is 8.25. The molecule has 0 atom stereocenters. The Balaban J connectivity index is 1.50. The van der Waals surface area contributed by atoms with Crippen LogP contribution >= 0.6 is 0 Å². The van der Waals surface area contributed by atoms with Crippen LogP contribution < -0.4 is 10.5 Å². The van der Waals surface area contributed by atoms with Crippen molar-refractivity contribution < 1.29 is 9.47 Å². The summed E-state index contributed by atoms with van der Waals surface area (Å²) in [7, 11) is 0. The van der Waals surface area contributed by atoms with Crippen LogP contribution in [-0.4, -0.2) is 43.3 Å². The molecule has 1 saturated carbocycles. The summed E-state index contributed by atoms with van der Waals surface area (Å²) in [4.78, 5) is 6.56. The molecule has 1 heterocycles. The number of guanidine groups is 1. The van der Waals surface area contributed by atoms with E-state index in [0.29, 0.717) is 18.6 Å². The Labute approximate surface area is 138 Å². The first-order chi connectivity index (χ1) is 11.3. The molecule has 0 spiro atoms. The van der Waals surface area contributed by atoms with E-state index in [2.05, 4.69) is 22.0 Å². The van der Waals surface area contributed by atoms with E-state index in [0.717, 1.165) is 37.6 Å². The SMILES string of the molecule is NC(=NCc1ccc(OC2CCCCC2)cc1)N1CCOCC1. The molecule has 1 aliphatic heterocycles. The first-order valence-corrected chi connectivity index (χ1v) is 8.69. The lowest BCUT2D eigenvalue weighted by Crippen LogP contribution is -2.44. The summed E-state index contributed by atoms with van der Waals surface area (Å²) in [5.41, 5.74) is 7.20. The van der Waals surface area contributed by atoms with Crippen molar-refractivity contribution in [3.05, 3.63) is 29.8 Å². The highest BCUT2D eigenvalue weighted by atomic mass is 16.5. The zero-order valence-corrected chi connectivity index (χ0v) is 13.7. The third-order valence-electron chi connectivity index (χ3n) is 4.54. The fraction of sp³-hybridized carbons (Fsp3) is 0.611. The highest BCUT2D eigenvalue weighted by Crippen LogP contribution is 2.23. The van der Waals surface area contributed by atoms with Crippen LogP contribution in [0.3, 0.4) is 0 Å². The third kappa shape index (κ3) is 4.86. The average Bonchev–Trinajstić information content (AvgIpc) is 2.62. The summed E-state index contributed by atoms with van der Waals surface area (Å²) in [6.45, 7) is 3.70. The first kappa shape index (κ1) is 16.1. The monoisotopic (exact) mass is 317 g/mol. The van der Waals surface area contributed by atoms with Crippen LogP contribution in [-0.2, 0) is 11.3 Å². The van der Waals surface area contributed by atoms with Crippen molar-refractivity contribution in [2.24, 2.45) is 10.7 Å². The Morgan fingerprint density at radius 2 is 1.83 bits per heavy atom. The maximum Gasteiger partial charge on any atom is 0.191 e. The summed E-state index contributed by atoms with van der Waals surface area (Å²) in [5, 5.41) is 0. The minimum absolute atomic E-state index is 0.393. The number of nitrogens with two attached hydrogens (primary N) is 1. The molecule has 3 rings (SSSR count). The Morgan fingerprint density at radius 1 is 1.13 bits per heavy atom. The van der Waals surface area contributed by atoms with Gasteiger partial charge in [0.05, 0.1) is 25.9 Å². The molecule has 0 aromatic heterocycles. The van der Waals surface area contributed by atoms with Crippen LogP contribution in [0.4, 0.5) is 0 Å². The van der Waals surface area contributed by atoms with E-state index in [1.165, 1.54) is 32.1 Å². The fourth-order valence-electron chi connectivity index (χ4n) is 3.11. The van der Waals surface area contributed by atoms with Gasteiger partial charge in [0.15, 0.2) is 5.96 Å². The molecule has 1 saturated heterocycles. The molecule has 2 aliphatic rings. The topological polar surface area (TPSA) is 60.1 Å². The maximum atomic E-state index is 6.05. The molecule has 0 amide bonds. The molecule has 1 aliphatic carbocycles. The molecule has 126 valence electrons. The van der Waals surface area contributed by atoms with Crippen LogP contribution in [0, 0.1) is 0 Å². The average molecular weight is 317 g/mol. The van der Waals surface area contributed by atoms with Gasteiger partial charge in [-0.05, 0) is 43.4 Å².